The Balaban J connectivity index is 2.32. The lowest BCUT2D eigenvalue weighted by molar-refractivity contribution is -0.122. The van der Waals surface area contributed by atoms with Crippen LogP contribution in [0.25, 0.3) is 0 Å². The molecule has 0 aliphatic heterocycles. The van der Waals surface area contributed by atoms with Crippen LogP contribution in [-0.4, -0.2) is 33.7 Å². The van der Waals surface area contributed by atoms with Crippen LogP contribution >= 0.6 is 11.6 Å². The van der Waals surface area contributed by atoms with Crippen LogP contribution in [0.15, 0.2) is 42.5 Å². The van der Waals surface area contributed by atoms with E-state index in [1.165, 1.54) is 18.7 Å². The molecule has 2 aromatic rings. The van der Waals surface area contributed by atoms with Crippen molar-refractivity contribution in [3.05, 3.63) is 58.6 Å². The Kier molecular flexibility index (Phi) is 8.15. The van der Waals surface area contributed by atoms with E-state index in [1.807, 2.05) is 31.2 Å². The number of benzene rings is 2. The molecule has 0 radical (unpaired) electrons. The smallest absolute Gasteiger partial charge is 0.244 e. The van der Waals surface area contributed by atoms with Gasteiger partial charge in [-0.2, -0.15) is 0 Å². The average Bonchev–Trinajstić information content (AvgIpc) is 2.70. The standard InChI is InChI=1S/C22H29ClN2O4S/c1-6-16-8-10-17(11-9-16)15(3)24-22(26)20(7-2)25(30(5,27)28)18-12-13-21(29-4)19(23)14-18/h8-15,20H,6-7H2,1-5H3,(H,24,26). The molecule has 30 heavy (non-hydrogen) atoms. The number of carbonyl (C=O) groups is 1. The summed E-state index contributed by atoms with van der Waals surface area (Å²) in [6.07, 6.45) is 2.31. The van der Waals surface area contributed by atoms with Crippen LogP contribution in [0.3, 0.4) is 0 Å². The SMILES string of the molecule is CCc1ccc(C(C)NC(=O)C(CC)N(c2ccc(OC)c(Cl)c2)S(C)(=O)=O)cc1. The number of rotatable bonds is 9. The summed E-state index contributed by atoms with van der Waals surface area (Å²) in [4.78, 5) is 13.1. The molecule has 0 saturated heterocycles. The molecule has 164 valence electrons. The van der Waals surface area contributed by atoms with Crippen LogP contribution < -0.4 is 14.4 Å². The second kappa shape index (κ2) is 10.2. The lowest BCUT2D eigenvalue weighted by atomic mass is 10.0. The highest BCUT2D eigenvalue weighted by molar-refractivity contribution is 7.92. The topological polar surface area (TPSA) is 75.7 Å². The van der Waals surface area contributed by atoms with E-state index in [1.54, 1.807) is 19.1 Å². The van der Waals surface area contributed by atoms with Crippen molar-refractivity contribution >= 4 is 33.2 Å². The van der Waals surface area contributed by atoms with Gasteiger partial charge in [-0.15, -0.1) is 0 Å². The number of nitrogens with one attached hydrogen (secondary N) is 1. The Morgan fingerprint density at radius 2 is 1.80 bits per heavy atom. The largest absolute Gasteiger partial charge is 0.495 e. The first-order valence-corrected chi connectivity index (χ1v) is 12.1. The maximum absolute atomic E-state index is 13.1. The van der Waals surface area contributed by atoms with Crippen molar-refractivity contribution in [2.24, 2.45) is 0 Å². The van der Waals surface area contributed by atoms with Gasteiger partial charge in [0.1, 0.15) is 11.8 Å². The summed E-state index contributed by atoms with van der Waals surface area (Å²) >= 11 is 6.19. The minimum absolute atomic E-state index is 0.265. The highest BCUT2D eigenvalue weighted by Crippen LogP contribution is 2.32. The van der Waals surface area contributed by atoms with Gasteiger partial charge in [0, 0.05) is 0 Å². The molecule has 1 amide bonds. The van der Waals surface area contributed by atoms with Crippen LogP contribution in [0, 0.1) is 0 Å². The van der Waals surface area contributed by atoms with Crippen molar-refractivity contribution in [1.29, 1.82) is 0 Å². The number of aryl methyl sites for hydroxylation is 1. The Morgan fingerprint density at radius 1 is 1.17 bits per heavy atom. The molecule has 2 aromatic carbocycles. The van der Waals surface area contributed by atoms with E-state index >= 15 is 0 Å². The zero-order valence-corrected chi connectivity index (χ0v) is 19.5. The number of amides is 1. The van der Waals surface area contributed by atoms with E-state index in [4.69, 9.17) is 16.3 Å². The van der Waals surface area contributed by atoms with Gasteiger partial charge in [0.2, 0.25) is 15.9 Å². The molecule has 2 atom stereocenters. The number of hydrogen-bond acceptors (Lipinski definition) is 4. The van der Waals surface area contributed by atoms with Crippen molar-refractivity contribution in [1.82, 2.24) is 5.32 Å². The van der Waals surface area contributed by atoms with E-state index in [2.05, 4.69) is 12.2 Å². The molecule has 0 aliphatic carbocycles. The molecule has 0 spiro atoms. The van der Waals surface area contributed by atoms with Crippen molar-refractivity contribution in [3.8, 4) is 5.75 Å². The van der Waals surface area contributed by atoms with Crippen LogP contribution in [-0.2, 0) is 21.2 Å². The number of halogens is 1. The Labute approximate surface area is 184 Å². The summed E-state index contributed by atoms with van der Waals surface area (Å²) in [7, 11) is -2.27. The maximum atomic E-state index is 13.1. The Hall–Kier alpha value is -2.25. The number of hydrogen-bond donors (Lipinski definition) is 1. The summed E-state index contributed by atoms with van der Waals surface area (Å²) < 4.78 is 31.5. The summed E-state index contributed by atoms with van der Waals surface area (Å²) in [5.74, 6) is 0.0532. The highest BCUT2D eigenvalue weighted by atomic mass is 35.5. The molecule has 0 bridgehead atoms. The van der Waals surface area contributed by atoms with Crippen molar-refractivity contribution < 1.29 is 17.9 Å². The van der Waals surface area contributed by atoms with Gasteiger partial charge in [-0.1, -0.05) is 49.7 Å². The fourth-order valence-corrected chi connectivity index (χ4v) is 4.74. The van der Waals surface area contributed by atoms with Gasteiger partial charge in [0.05, 0.1) is 30.1 Å². The van der Waals surface area contributed by atoms with Crippen molar-refractivity contribution in [2.45, 2.75) is 45.7 Å². The summed E-state index contributed by atoms with van der Waals surface area (Å²) in [6.45, 7) is 5.73. The quantitative estimate of drug-likeness (QED) is 0.614. The molecule has 2 unspecified atom stereocenters. The second-order valence-electron chi connectivity index (χ2n) is 7.13. The van der Waals surface area contributed by atoms with Crippen LogP contribution in [0.4, 0.5) is 5.69 Å². The summed E-state index contributed by atoms with van der Waals surface area (Å²) in [6, 6.07) is 11.5. The molecular formula is C22H29ClN2O4S. The van der Waals surface area contributed by atoms with E-state index in [0.717, 1.165) is 22.5 Å². The van der Waals surface area contributed by atoms with Gasteiger partial charge in [-0.05, 0) is 49.1 Å². The monoisotopic (exact) mass is 452 g/mol. The van der Waals surface area contributed by atoms with E-state index in [-0.39, 0.29) is 17.0 Å². The fraction of sp³-hybridized carbons (Fsp3) is 0.409. The average molecular weight is 453 g/mol. The van der Waals surface area contributed by atoms with Gasteiger partial charge in [0.15, 0.2) is 0 Å². The predicted molar refractivity (Wildman–Crippen MR) is 122 cm³/mol. The number of anilines is 1. The minimum atomic E-state index is -3.75. The number of ether oxygens (including phenoxy) is 1. The number of nitrogens with zero attached hydrogens (tertiary/aromatic N) is 1. The molecule has 2 rings (SSSR count). The lowest BCUT2D eigenvalue weighted by Crippen LogP contribution is -2.49. The molecule has 0 heterocycles. The molecule has 8 heteroatoms. The lowest BCUT2D eigenvalue weighted by Gasteiger charge is -2.31. The number of methoxy groups -OCH3 is 1. The fourth-order valence-electron chi connectivity index (χ4n) is 3.29. The zero-order chi connectivity index (χ0) is 22.5. The normalized spacial score (nSPS) is 13.4. The molecule has 1 N–H and O–H groups in total. The highest BCUT2D eigenvalue weighted by Gasteiger charge is 2.32. The van der Waals surface area contributed by atoms with Gasteiger partial charge in [0.25, 0.3) is 0 Å². The van der Waals surface area contributed by atoms with Crippen molar-refractivity contribution in [3.63, 3.8) is 0 Å². The van der Waals surface area contributed by atoms with E-state index < -0.39 is 16.1 Å². The third-order valence-electron chi connectivity index (χ3n) is 4.97. The van der Waals surface area contributed by atoms with Gasteiger partial charge in [-0.25, -0.2) is 8.42 Å². The molecule has 0 saturated carbocycles. The molecule has 0 aromatic heterocycles. The first-order valence-electron chi connectivity index (χ1n) is 9.84. The van der Waals surface area contributed by atoms with Crippen molar-refractivity contribution in [2.75, 3.05) is 17.7 Å². The third-order valence-corrected chi connectivity index (χ3v) is 6.44. The minimum Gasteiger partial charge on any atom is -0.495 e. The summed E-state index contributed by atoms with van der Waals surface area (Å²) in [5.41, 5.74) is 2.47. The van der Waals surface area contributed by atoms with Crippen LogP contribution in [0.5, 0.6) is 5.75 Å². The third kappa shape index (κ3) is 5.67. The molecule has 0 fully saturated rings. The van der Waals surface area contributed by atoms with Gasteiger partial charge in [-0.3, -0.25) is 9.10 Å². The predicted octanol–water partition coefficient (Wildman–Crippen LogP) is 4.33. The van der Waals surface area contributed by atoms with E-state index in [0.29, 0.717) is 17.9 Å². The first kappa shape index (κ1) is 24.0. The van der Waals surface area contributed by atoms with E-state index in [9.17, 15) is 13.2 Å². The number of carbonyl (C=O) groups excluding carboxylic acids is 1. The zero-order valence-electron chi connectivity index (χ0n) is 18.0. The molecule has 6 nitrogen and oxygen atoms in total. The maximum Gasteiger partial charge on any atom is 0.244 e. The van der Waals surface area contributed by atoms with Gasteiger partial charge >= 0.3 is 0 Å². The van der Waals surface area contributed by atoms with Crippen LogP contribution in [0.2, 0.25) is 5.02 Å². The first-order chi connectivity index (χ1) is 14.1. The van der Waals surface area contributed by atoms with Gasteiger partial charge < -0.3 is 10.1 Å². The van der Waals surface area contributed by atoms with Crippen LogP contribution in [0.1, 0.15) is 44.4 Å². The molecule has 0 aliphatic rings. The summed E-state index contributed by atoms with van der Waals surface area (Å²) in [5, 5.41) is 3.21. The molecular weight excluding hydrogens is 424 g/mol. The number of sulfonamides is 1. The second-order valence-corrected chi connectivity index (χ2v) is 9.39. The Morgan fingerprint density at radius 3 is 2.27 bits per heavy atom. The Bertz CT molecular complexity index is 977.